The van der Waals surface area contributed by atoms with Gasteiger partial charge in [-0.1, -0.05) is 25.3 Å². The Morgan fingerprint density at radius 1 is 0.900 bits per heavy atom. The fourth-order valence-electron chi connectivity index (χ4n) is 2.69. The van der Waals surface area contributed by atoms with Gasteiger partial charge < -0.3 is 20.1 Å². The largest absolute Gasteiger partial charge is 0.493 e. The van der Waals surface area contributed by atoms with Crippen molar-refractivity contribution < 1.29 is 19.1 Å². The second kappa shape index (κ2) is 13.0. The number of ether oxygens (including phenoxy) is 2. The second-order valence-electron chi connectivity index (χ2n) is 6.58. The van der Waals surface area contributed by atoms with Crippen molar-refractivity contribution in [2.24, 2.45) is 0 Å². The number of carbonyl (C=O) groups excluding carboxylic acids is 2. The van der Waals surface area contributed by atoms with Crippen LogP contribution in [0.2, 0.25) is 0 Å². The fraction of sp³-hybridized carbons (Fsp3) is 0.348. The molecule has 160 valence electrons. The Morgan fingerprint density at radius 2 is 1.50 bits per heavy atom. The second-order valence-corrected chi connectivity index (χ2v) is 6.58. The maximum absolute atomic E-state index is 11.1. The van der Waals surface area contributed by atoms with Crippen LogP contribution in [0.15, 0.2) is 55.6 Å². The molecule has 0 unspecified atom stereocenters. The van der Waals surface area contributed by atoms with E-state index in [2.05, 4.69) is 28.8 Å². The molecule has 0 fully saturated rings. The molecule has 0 spiro atoms. The van der Waals surface area contributed by atoms with E-state index in [1.54, 1.807) is 6.07 Å². The van der Waals surface area contributed by atoms with E-state index in [4.69, 9.17) is 9.47 Å². The summed E-state index contributed by atoms with van der Waals surface area (Å²) in [5.74, 6) is 0.902. The monoisotopic (exact) mass is 411 g/mol. The summed E-state index contributed by atoms with van der Waals surface area (Å²) < 4.78 is 11.8. The maximum atomic E-state index is 11.1. The van der Waals surface area contributed by atoms with Crippen LogP contribution >= 0.6 is 0 Å². The summed E-state index contributed by atoms with van der Waals surface area (Å²) in [5.41, 5.74) is 0.807. The number of fused-ring (bicyclic) bond motifs is 1. The molecular formula is C23H29N3O4. The average molecular weight is 412 g/mol. The molecule has 2 rings (SSSR count). The Balaban J connectivity index is 1.84. The molecule has 2 N–H and O–H groups in total. The van der Waals surface area contributed by atoms with Crippen LogP contribution in [0.1, 0.15) is 25.7 Å². The van der Waals surface area contributed by atoms with Gasteiger partial charge in [0.15, 0.2) is 0 Å². The van der Waals surface area contributed by atoms with Crippen molar-refractivity contribution >= 4 is 22.7 Å². The molecule has 1 aromatic heterocycles. The number of nitrogens with one attached hydrogen (secondary N) is 2. The smallest absolute Gasteiger partial charge is 0.243 e. The molecule has 2 aromatic rings. The van der Waals surface area contributed by atoms with Gasteiger partial charge in [-0.25, -0.2) is 4.98 Å². The third-order valence-electron chi connectivity index (χ3n) is 4.27. The molecule has 7 heteroatoms. The van der Waals surface area contributed by atoms with E-state index in [9.17, 15) is 9.59 Å². The number of para-hydroxylation sites is 1. The minimum Gasteiger partial charge on any atom is -0.493 e. The van der Waals surface area contributed by atoms with Gasteiger partial charge in [0.25, 0.3) is 0 Å². The number of hydrogen-bond acceptors (Lipinski definition) is 5. The molecule has 2 amide bonds. The van der Waals surface area contributed by atoms with E-state index in [1.165, 1.54) is 12.2 Å². The number of rotatable bonds is 14. The molecule has 1 aromatic carbocycles. The van der Waals surface area contributed by atoms with Crippen molar-refractivity contribution in [1.82, 2.24) is 15.6 Å². The topological polar surface area (TPSA) is 89.5 Å². The lowest BCUT2D eigenvalue weighted by Crippen LogP contribution is -2.22. The molecule has 0 saturated heterocycles. The van der Waals surface area contributed by atoms with E-state index >= 15 is 0 Å². The van der Waals surface area contributed by atoms with Crippen LogP contribution in [0.4, 0.5) is 0 Å². The van der Waals surface area contributed by atoms with Crippen LogP contribution in [0.3, 0.4) is 0 Å². The van der Waals surface area contributed by atoms with E-state index in [0.717, 1.165) is 42.3 Å². The van der Waals surface area contributed by atoms with Crippen LogP contribution < -0.4 is 20.1 Å². The summed E-state index contributed by atoms with van der Waals surface area (Å²) in [4.78, 5) is 26.8. The molecule has 1 heterocycles. The van der Waals surface area contributed by atoms with Crippen LogP contribution in [0, 0.1) is 0 Å². The van der Waals surface area contributed by atoms with Crippen molar-refractivity contribution in [3.8, 4) is 11.6 Å². The number of hydrogen-bond donors (Lipinski definition) is 2. The highest BCUT2D eigenvalue weighted by atomic mass is 16.5. The van der Waals surface area contributed by atoms with Gasteiger partial charge in [-0.2, -0.15) is 0 Å². The van der Waals surface area contributed by atoms with Crippen LogP contribution in [-0.4, -0.2) is 43.1 Å². The highest BCUT2D eigenvalue weighted by molar-refractivity contribution is 5.87. The van der Waals surface area contributed by atoms with Gasteiger partial charge >= 0.3 is 0 Å². The van der Waals surface area contributed by atoms with Gasteiger partial charge in [0, 0.05) is 24.5 Å². The molecule has 0 atom stereocenters. The van der Waals surface area contributed by atoms with Crippen LogP contribution in [0.25, 0.3) is 10.9 Å². The van der Waals surface area contributed by atoms with E-state index < -0.39 is 0 Å². The minimum absolute atomic E-state index is 0.166. The number of unbranched alkanes of at least 4 members (excludes halogenated alkanes) is 2. The predicted molar refractivity (Wildman–Crippen MR) is 118 cm³/mol. The van der Waals surface area contributed by atoms with E-state index in [1.807, 2.05) is 24.3 Å². The zero-order valence-electron chi connectivity index (χ0n) is 17.2. The van der Waals surface area contributed by atoms with Gasteiger partial charge in [-0.05, 0) is 50.0 Å². The van der Waals surface area contributed by atoms with E-state index in [-0.39, 0.29) is 11.8 Å². The third kappa shape index (κ3) is 7.95. The lowest BCUT2D eigenvalue weighted by atomic mass is 10.2. The lowest BCUT2D eigenvalue weighted by molar-refractivity contribution is -0.117. The first kappa shape index (κ1) is 22.9. The lowest BCUT2D eigenvalue weighted by Gasteiger charge is -2.12. The molecule has 0 radical (unpaired) electrons. The van der Waals surface area contributed by atoms with Gasteiger partial charge in [0.1, 0.15) is 5.75 Å². The molecular weight excluding hydrogens is 382 g/mol. The first-order chi connectivity index (χ1) is 14.6. The van der Waals surface area contributed by atoms with Gasteiger partial charge in [0.05, 0.1) is 18.7 Å². The highest BCUT2D eigenvalue weighted by Gasteiger charge is 2.08. The highest BCUT2D eigenvalue weighted by Crippen LogP contribution is 2.28. The molecule has 0 aliphatic rings. The van der Waals surface area contributed by atoms with Crippen molar-refractivity contribution in [3.05, 3.63) is 55.6 Å². The normalized spacial score (nSPS) is 10.3. The molecule has 0 aliphatic carbocycles. The fourth-order valence-corrected chi connectivity index (χ4v) is 2.69. The summed E-state index contributed by atoms with van der Waals surface area (Å²) >= 11 is 0. The Hall–Kier alpha value is -3.35. The van der Waals surface area contributed by atoms with Gasteiger partial charge in [-0.3, -0.25) is 9.59 Å². The van der Waals surface area contributed by atoms with Gasteiger partial charge in [0.2, 0.25) is 17.7 Å². The Morgan fingerprint density at radius 3 is 2.13 bits per heavy atom. The zero-order chi connectivity index (χ0) is 21.6. The number of amides is 2. The molecule has 0 bridgehead atoms. The number of pyridine rings is 1. The summed E-state index contributed by atoms with van der Waals surface area (Å²) in [7, 11) is 0. The third-order valence-corrected chi connectivity index (χ3v) is 4.27. The van der Waals surface area contributed by atoms with Crippen molar-refractivity contribution in [3.63, 3.8) is 0 Å². The SMILES string of the molecule is C=CC(=O)NCCCCOc1cc(OCCCCNC(=O)C=C)c2ccccc2n1. The standard InChI is InChI=1S/C23H29N3O4/c1-3-21(27)24-13-7-9-15-29-20-17-23(26-19-12-6-5-11-18(19)20)30-16-10-8-14-25-22(28)4-2/h3-6,11-12,17H,1-2,7-10,13-16H2,(H,24,27)(H,25,28). The van der Waals surface area contributed by atoms with Crippen molar-refractivity contribution in [1.29, 1.82) is 0 Å². The summed E-state index contributed by atoms with van der Waals surface area (Å²) in [6.45, 7) is 9.04. The van der Waals surface area contributed by atoms with Gasteiger partial charge in [-0.15, -0.1) is 0 Å². The van der Waals surface area contributed by atoms with Crippen LogP contribution in [0.5, 0.6) is 11.6 Å². The average Bonchev–Trinajstić information content (AvgIpc) is 2.77. The molecule has 0 saturated carbocycles. The van der Waals surface area contributed by atoms with E-state index in [0.29, 0.717) is 32.2 Å². The molecule has 0 aliphatic heterocycles. The zero-order valence-corrected chi connectivity index (χ0v) is 17.2. The number of nitrogens with zero attached hydrogens (tertiary/aromatic N) is 1. The Kier molecular flexibility index (Phi) is 9.92. The minimum atomic E-state index is -0.169. The summed E-state index contributed by atoms with van der Waals surface area (Å²) in [6, 6.07) is 9.56. The first-order valence-electron chi connectivity index (χ1n) is 10.1. The van der Waals surface area contributed by atoms with Crippen LogP contribution in [-0.2, 0) is 9.59 Å². The summed E-state index contributed by atoms with van der Waals surface area (Å²) in [5, 5.41) is 6.41. The maximum Gasteiger partial charge on any atom is 0.243 e. The number of carbonyl (C=O) groups is 2. The number of aromatic nitrogens is 1. The predicted octanol–water partition coefficient (Wildman–Crippen LogP) is 3.16. The molecule has 7 nitrogen and oxygen atoms in total. The van der Waals surface area contributed by atoms with Crippen molar-refractivity contribution in [2.75, 3.05) is 26.3 Å². The Labute approximate surface area is 177 Å². The van der Waals surface area contributed by atoms with Crippen molar-refractivity contribution in [2.45, 2.75) is 25.7 Å². The Bertz CT molecular complexity index is 867. The first-order valence-corrected chi connectivity index (χ1v) is 10.1. The quantitative estimate of drug-likeness (QED) is 0.368. The summed E-state index contributed by atoms with van der Waals surface area (Å²) in [6.07, 6.45) is 5.74. The molecule has 30 heavy (non-hydrogen) atoms. The number of benzene rings is 1.